The van der Waals surface area contributed by atoms with Crippen LogP contribution in [0, 0.1) is 13.8 Å². The fourth-order valence-electron chi connectivity index (χ4n) is 3.16. The molecule has 1 atom stereocenters. The van der Waals surface area contributed by atoms with Gasteiger partial charge in [0.2, 0.25) is 5.91 Å². The highest BCUT2D eigenvalue weighted by Crippen LogP contribution is 2.28. The van der Waals surface area contributed by atoms with Crippen LogP contribution in [0.2, 0.25) is 15.1 Å². The lowest BCUT2D eigenvalue weighted by atomic mass is 10.1. The third-order valence-electron chi connectivity index (χ3n) is 4.79. The van der Waals surface area contributed by atoms with Gasteiger partial charge in [-0.2, -0.15) is 0 Å². The summed E-state index contributed by atoms with van der Waals surface area (Å²) in [7, 11) is 1.53. The lowest BCUT2D eigenvalue weighted by molar-refractivity contribution is -0.142. The number of benzene rings is 2. The lowest BCUT2D eigenvalue weighted by Gasteiger charge is -2.30. The molecule has 0 saturated heterocycles. The van der Waals surface area contributed by atoms with E-state index in [4.69, 9.17) is 39.5 Å². The number of carbonyl (C=O) groups is 2. The van der Waals surface area contributed by atoms with Gasteiger partial charge in [0.15, 0.2) is 6.61 Å². The Hall–Kier alpha value is -1.95. The van der Waals surface area contributed by atoms with Crippen molar-refractivity contribution in [2.75, 3.05) is 13.7 Å². The number of carbonyl (C=O) groups excluding carboxylic acids is 2. The van der Waals surface area contributed by atoms with Crippen LogP contribution in [-0.2, 0) is 16.1 Å². The van der Waals surface area contributed by atoms with E-state index < -0.39 is 6.04 Å². The number of halogens is 3. The van der Waals surface area contributed by atoms with E-state index in [1.807, 2.05) is 20.8 Å². The minimum atomic E-state index is -0.688. The van der Waals surface area contributed by atoms with Crippen LogP contribution < -0.4 is 10.1 Å². The van der Waals surface area contributed by atoms with Gasteiger partial charge in [-0.1, -0.05) is 47.8 Å². The van der Waals surface area contributed by atoms with Gasteiger partial charge in [-0.3, -0.25) is 9.59 Å². The molecule has 0 bridgehead atoms. The van der Waals surface area contributed by atoms with Gasteiger partial charge in [-0.15, -0.1) is 0 Å². The van der Waals surface area contributed by atoms with E-state index in [9.17, 15) is 9.59 Å². The van der Waals surface area contributed by atoms with Crippen LogP contribution in [0.25, 0.3) is 0 Å². The number of nitrogens with zero attached hydrogens (tertiary/aromatic N) is 1. The molecule has 0 aliphatic rings. The van der Waals surface area contributed by atoms with Gasteiger partial charge in [0.05, 0.1) is 0 Å². The SMILES string of the molecule is CC[C@@H](C(=O)NC)N(Cc1c(Cl)cccc1Cl)C(=O)COc1cc(C)c(Cl)c(C)c1. The Morgan fingerprint density at radius 1 is 1.10 bits per heavy atom. The molecular weight excluding hydrogens is 447 g/mol. The predicted octanol–water partition coefficient (Wildman–Crippen LogP) is 5.20. The monoisotopic (exact) mass is 470 g/mol. The van der Waals surface area contributed by atoms with Gasteiger partial charge in [-0.25, -0.2) is 0 Å². The van der Waals surface area contributed by atoms with E-state index in [1.165, 1.54) is 11.9 Å². The Bertz CT molecular complexity index is 891. The van der Waals surface area contributed by atoms with Gasteiger partial charge in [0.25, 0.3) is 5.91 Å². The van der Waals surface area contributed by atoms with E-state index in [-0.39, 0.29) is 25.0 Å². The largest absolute Gasteiger partial charge is 0.484 e. The first-order chi connectivity index (χ1) is 14.2. The molecular formula is C22H25Cl3N2O3. The van der Waals surface area contributed by atoms with Crippen LogP contribution in [0.3, 0.4) is 0 Å². The van der Waals surface area contributed by atoms with Crippen LogP contribution in [-0.4, -0.2) is 36.4 Å². The van der Waals surface area contributed by atoms with E-state index in [0.717, 1.165) is 11.1 Å². The quantitative estimate of drug-likeness (QED) is 0.576. The first kappa shape index (κ1) is 24.3. The molecule has 0 heterocycles. The van der Waals surface area contributed by atoms with Crippen molar-refractivity contribution >= 4 is 46.6 Å². The number of aryl methyl sites for hydroxylation is 2. The summed E-state index contributed by atoms with van der Waals surface area (Å²) in [6.07, 6.45) is 0.423. The van der Waals surface area contributed by atoms with Crippen molar-refractivity contribution in [1.82, 2.24) is 10.2 Å². The summed E-state index contributed by atoms with van der Waals surface area (Å²) in [6, 6.07) is 7.98. The first-order valence-corrected chi connectivity index (χ1v) is 10.7. The molecule has 30 heavy (non-hydrogen) atoms. The van der Waals surface area contributed by atoms with E-state index in [0.29, 0.717) is 32.8 Å². The zero-order chi connectivity index (χ0) is 22.4. The van der Waals surface area contributed by atoms with Crippen LogP contribution in [0.1, 0.15) is 30.0 Å². The van der Waals surface area contributed by atoms with Crippen molar-refractivity contribution in [2.24, 2.45) is 0 Å². The standard InChI is InChI=1S/C22H25Cl3N2O3/c1-5-19(22(29)26-4)27(11-16-17(23)7-6-8-18(16)24)20(28)12-30-15-9-13(2)21(25)14(3)10-15/h6-10,19H,5,11-12H2,1-4H3,(H,26,29)/t19-/m0/s1. The summed E-state index contributed by atoms with van der Waals surface area (Å²) in [4.78, 5) is 27.0. The second-order valence-corrected chi connectivity index (χ2v) is 8.11. The number of hydrogen-bond donors (Lipinski definition) is 1. The van der Waals surface area contributed by atoms with E-state index >= 15 is 0 Å². The molecule has 8 heteroatoms. The molecule has 0 aromatic heterocycles. The zero-order valence-electron chi connectivity index (χ0n) is 17.4. The van der Waals surface area contributed by atoms with Crippen molar-refractivity contribution in [2.45, 2.75) is 39.8 Å². The molecule has 0 radical (unpaired) electrons. The molecule has 162 valence electrons. The van der Waals surface area contributed by atoms with Crippen LogP contribution in [0.4, 0.5) is 0 Å². The normalized spacial score (nSPS) is 11.7. The number of nitrogens with one attached hydrogen (secondary N) is 1. The Morgan fingerprint density at radius 2 is 1.67 bits per heavy atom. The summed E-state index contributed by atoms with van der Waals surface area (Å²) in [5.41, 5.74) is 2.29. The molecule has 0 spiro atoms. The highest BCUT2D eigenvalue weighted by molar-refractivity contribution is 6.36. The molecule has 5 nitrogen and oxygen atoms in total. The Morgan fingerprint density at radius 3 is 2.17 bits per heavy atom. The van der Waals surface area contributed by atoms with Gasteiger partial charge in [-0.05, 0) is 55.7 Å². The number of rotatable bonds is 8. The summed E-state index contributed by atoms with van der Waals surface area (Å²) in [5, 5.41) is 4.12. The molecule has 0 unspecified atom stereocenters. The smallest absolute Gasteiger partial charge is 0.261 e. The average molecular weight is 472 g/mol. The van der Waals surface area contributed by atoms with Gasteiger partial charge >= 0.3 is 0 Å². The van der Waals surface area contributed by atoms with Gasteiger partial charge in [0.1, 0.15) is 11.8 Å². The van der Waals surface area contributed by atoms with Crippen molar-refractivity contribution in [1.29, 1.82) is 0 Å². The van der Waals surface area contributed by atoms with Gasteiger partial charge in [0, 0.05) is 34.2 Å². The highest BCUT2D eigenvalue weighted by atomic mass is 35.5. The van der Waals surface area contributed by atoms with Crippen molar-refractivity contribution < 1.29 is 14.3 Å². The fourth-order valence-corrected chi connectivity index (χ4v) is 3.78. The minimum absolute atomic E-state index is 0.0886. The summed E-state index contributed by atoms with van der Waals surface area (Å²) in [6.45, 7) is 5.42. The third-order valence-corrected chi connectivity index (χ3v) is 6.10. The number of hydrogen-bond acceptors (Lipinski definition) is 3. The molecule has 2 aromatic carbocycles. The third kappa shape index (κ3) is 5.81. The molecule has 2 amide bonds. The zero-order valence-corrected chi connectivity index (χ0v) is 19.7. The summed E-state index contributed by atoms with van der Waals surface area (Å²) in [5.74, 6) is -0.0923. The minimum Gasteiger partial charge on any atom is -0.484 e. The summed E-state index contributed by atoms with van der Waals surface area (Å²) >= 11 is 18.8. The number of ether oxygens (including phenoxy) is 1. The highest BCUT2D eigenvalue weighted by Gasteiger charge is 2.29. The van der Waals surface area contributed by atoms with Crippen LogP contribution in [0.5, 0.6) is 5.75 Å². The maximum atomic E-state index is 13.1. The maximum absolute atomic E-state index is 13.1. The van der Waals surface area contributed by atoms with Crippen LogP contribution in [0.15, 0.2) is 30.3 Å². The fraction of sp³-hybridized carbons (Fsp3) is 0.364. The van der Waals surface area contributed by atoms with Crippen molar-refractivity contribution in [3.63, 3.8) is 0 Å². The number of likely N-dealkylation sites (N-methyl/N-ethyl adjacent to an activating group) is 1. The summed E-state index contributed by atoms with van der Waals surface area (Å²) < 4.78 is 5.72. The Balaban J connectivity index is 2.29. The second kappa shape index (κ2) is 10.9. The van der Waals surface area contributed by atoms with Crippen LogP contribution >= 0.6 is 34.8 Å². The molecule has 1 N–H and O–H groups in total. The van der Waals surface area contributed by atoms with Gasteiger partial charge < -0.3 is 15.0 Å². The Kier molecular flexibility index (Phi) is 8.83. The topological polar surface area (TPSA) is 58.6 Å². The second-order valence-electron chi connectivity index (χ2n) is 6.92. The van der Waals surface area contributed by atoms with E-state index in [2.05, 4.69) is 5.32 Å². The van der Waals surface area contributed by atoms with Crippen molar-refractivity contribution in [3.8, 4) is 5.75 Å². The first-order valence-electron chi connectivity index (χ1n) is 9.53. The molecule has 0 fully saturated rings. The number of amides is 2. The Labute approximate surface area is 192 Å². The van der Waals surface area contributed by atoms with Crippen molar-refractivity contribution in [3.05, 3.63) is 62.1 Å². The molecule has 0 aliphatic carbocycles. The molecule has 2 rings (SSSR count). The van der Waals surface area contributed by atoms with E-state index in [1.54, 1.807) is 30.3 Å². The predicted molar refractivity (Wildman–Crippen MR) is 122 cm³/mol. The molecule has 0 saturated carbocycles. The average Bonchev–Trinajstić information content (AvgIpc) is 2.71. The maximum Gasteiger partial charge on any atom is 0.261 e. The molecule has 2 aromatic rings. The molecule has 0 aliphatic heterocycles. The lowest BCUT2D eigenvalue weighted by Crippen LogP contribution is -2.49.